The Morgan fingerprint density at radius 3 is 2.64 bits per heavy atom. The van der Waals surface area contributed by atoms with Gasteiger partial charge in [0.2, 0.25) is 0 Å². The van der Waals surface area contributed by atoms with Gasteiger partial charge in [-0.1, -0.05) is 36.4 Å². The lowest BCUT2D eigenvalue weighted by atomic mass is 9.86. The molecule has 0 aromatic heterocycles. The van der Waals surface area contributed by atoms with Crippen molar-refractivity contribution in [2.75, 3.05) is 6.61 Å². The monoisotopic (exact) mass is 290 g/mol. The molecule has 1 saturated heterocycles. The fourth-order valence-electron chi connectivity index (χ4n) is 3.43. The fourth-order valence-corrected chi connectivity index (χ4v) is 3.43. The highest BCUT2D eigenvalue weighted by Crippen LogP contribution is 2.43. The molecule has 2 aliphatic heterocycles. The molecule has 2 aromatic carbocycles. The van der Waals surface area contributed by atoms with E-state index in [1.807, 2.05) is 29.2 Å². The predicted molar refractivity (Wildman–Crippen MR) is 80.0 cm³/mol. The molecule has 4 nitrogen and oxygen atoms in total. The smallest absolute Gasteiger partial charge is 0.411 e. The number of benzene rings is 2. The first-order valence-corrected chi connectivity index (χ1v) is 7.31. The van der Waals surface area contributed by atoms with Gasteiger partial charge in [0.25, 0.3) is 0 Å². The number of cyclic esters (lactones) is 1. The van der Waals surface area contributed by atoms with Crippen LogP contribution in [0.2, 0.25) is 0 Å². The number of nitriles is 1. The normalized spacial score (nSPS) is 22.5. The average Bonchev–Trinajstić information content (AvgIpc) is 2.97. The van der Waals surface area contributed by atoms with Crippen LogP contribution in [-0.2, 0) is 11.2 Å². The topological polar surface area (TPSA) is 53.3 Å². The number of hydrogen-bond donors (Lipinski definition) is 0. The second-order valence-corrected chi connectivity index (χ2v) is 5.65. The van der Waals surface area contributed by atoms with Gasteiger partial charge in [0.1, 0.15) is 6.61 Å². The molecule has 0 N–H and O–H groups in total. The van der Waals surface area contributed by atoms with Gasteiger partial charge in [0, 0.05) is 0 Å². The highest BCUT2D eigenvalue weighted by Gasteiger charge is 2.43. The maximum Gasteiger partial charge on any atom is 0.411 e. The van der Waals surface area contributed by atoms with Crippen LogP contribution in [0.5, 0.6) is 0 Å². The summed E-state index contributed by atoms with van der Waals surface area (Å²) in [6, 6.07) is 17.7. The van der Waals surface area contributed by atoms with Crippen LogP contribution in [0.3, 0.4) is 0 Å². The minimum atomic E-state index is -0.256. The number of nitrogens with zero attached hydrogens (tertiary/aromatic N) is 2. The van der Waals surface area contributed by atoms with Crippen molar-refractivity contribution < 1.29 is 9.53 Å². The van der Waals surface area contributed by atoms with Gasteiger partial charge in [-0.25, -0.2) is 4.79 Å². The lowest BCUT2D eigenvalue weighted by Crippen LogP contribution is -2.37. The fraction of sp³-hybridized carbons (Fsp3) is 0.222. The van der Waals surface area contributed by atoms with E-state index in [-0.39, 0.29) is 18.2 Å². The Morgan fingerprint density at radius 2 is 1.86 bits per heavy atom. The van der Waals surface area contributed by atoms with E-state index in [0.29, 0.717) is 12.2 Å². The number of amides is 1. The molecule has 4 heteroatoms. The molecule has 108 valence electrons. The summed E-state index contributed by atoms with van der Waals surface area (Å²) in [5.41, 5.74) is 4.10. The SMILES string of the molecule is N#Cc1ccc([C@@H]2Cc3ccccc3[C@H]3COC(=O)N32)cc1. The summed E-state index contributed by atoms with van der Waals surface area (Å²) in [6.07, 6.45) is 0.516. The Labute approximate surface area is 128 Å². The third kappa shape index (κ3) is 1.86. The summed E-state index contributed by atoms with van der Waals surface area (Å²) in [6.45, 7) is 0.405. The van der Waals surface area contributed by atoms with Crippen LogP contribution in [0, 0.1) is 11.3 Å². The Morgan fingerprint density at radius 1 is 1.09 bits per heavy atom. The van der Waals surface area contributed by atoms with Crippen molar-refractivity contribution in [1.82, 2.24) is 4.90 Å². The average molecular weight is 290 g/mol. The van der Waals surface area contributed by atoms with Crippen molar-refractivity contribution in [3.05, 3.63) is 70.8 Å². The van der Waals surface area contributed by atoms with Crippen LogP contribution in [0.4, 0.5) is 4.79 Å². The van der Waals surface area contributed by atoms with Gasteiger partial charge in [-0.05, 0) is 35.2 Å². The molecule has 0 aliphatic carbocycles. The minimum absolute atomic E-state index is 0.0157. The maximum atomic E-state index is 12.2. The lowest BCUT2D eigenvalue weighted by molar-refractivity contribution is 0.140. The number of ether oxygens (including phenoxy) is 1. The van der Waals surface area contributed by atoms with Crippen molar-refractivity contribution >= 4 is 6.09 Å². The summed E-state index contributed by atoms with van der Waals surface area (Å²) in [5.74, 6) is 0. The zero-order chi connectivity index (χ0) is 15.1. The van der Waals surface area contributed by atoms with E-state index >= 15 is 0 Å². The third-order valence-electron chi connectivity index (χ3n) is 4.50. The summed E-state index contributed by atoms with van der Waals surface area (Å²) >= 11 is 0. The first-order chi connectivity index (χ1) is 10.8. The number of carbonyl (C=O) groups is 1. The highest BCUT2D eigenvalue weighted by molar-refractivity contribution is 5.72. The number of carbonyl (C=O) groups excluding carboxylic acids is 1. The Kier molecular flexibility index (Phi) is 2.87. The Balaban J connectivity index is 1.79. The Hall–Kier alpha value is -2.80. The maximum absolute atomic E-state index is 12.2. The molecule has 0 bridgehead atoms. The van der Waals surface area contributed by atoms with Crippen molar-refractivity contribution in [1.29, 1.82) is 5.26 Å². The van der Waals surface area contributed by atoms with Gasteiger partial charge < -0.3 is 4.74 Å². The van der Waals surface area contributed by atoms with Gasteiger partial charge in [-0.15, -0.1) is 0 Å². The number of rotatable bonds is 1. The zero-order valence-electron chi connectivity index (χ0n) is 11.9. The van der Waals surface area contributed by atoms with E-state index < -0.39 is 0 Å². The molecule has 4 rings (SSSR count). The summed E-state index contributed by atoms with van der Waals surface area (Å²) in [4.78, 5) is 14.0. The van der Waals surface area contributed by atoms with E-state index in [4.69, 9.17) is 10.00 Å². The first kappa shape index (κ1) is 12.9. The van der Waals surface area contributed by atoms with Crippen LogP contribution < -0.4 is 0 Å². The predicted octanol–water partition coefficient (Wildman–Crippen LogP) is 3.35. The molecule has 2 atom stereocenters. The van der Waals surface area contributed by atoms with Gasteiger partial charge in [0.15, 0.2) is 0 Å². The zero-order valence-corrected chi connectivity index (χ0v) is 11.9. The molecule has 0 spiro atoms. The van der Waals surface area contributed by atoms with Gasteiger partial charge in [0.05, 0.1) is 23.7 Å². The number of hydrogen-bond acceptors (Lipinski definition) is 3. The second kappa shape index (κ2) is 4.88. The van der Waals surface area contributed by atoms with Gasteiger partial charge >= 0.3 is 6.09 Å². The van der Waals surface area contributed by atoms with E-state index in [1.165, 1.54) is 11.1 Å². The van der Waals surface area contributed by atoms with Gasteiger partial charge in [-0.3, -0.25) is 4.90 Å². The van der Waals surface area contributed by atoms with E-state index in [0.717, 1.165) is 12.0 Å². The van der Waals surface area contributed by atoms with Crippen molar-refractivity contribution in [3.63, 3.8) is 0 Å². The van der Waals surface area contributed by atoms with Crippen LogP contribution in [0.25, 0.3) is 0 Å². The molecule has 1 fully saturated rings. The van der Waals surface area contributed by atoms with Gasteiger partial charge in [-0.2, -0.15) is 5.26 Å². The second-order valence-electron chi connectivity index (χ2n) is 5.65. The number of fused-ring (bicyclic) bond motifs is 3. The van der Waals surface area contributed by atoms with E-state index in [1.54, 1.807) is 12.1 Å². The molecule has 0 saturated carbocycles. The van der Waals surface area contributed by atoms with Crippen LogP contribution in [0.1, 0.15) is 34.3 Å². The summed E-state index contributed by atoms with van der Waals surface area (Å²) < 4.78 is 5.29. The largest absolute Gasteiger partial charge is 0.447 e. The van der Waals surface area contributed by atoms with Crippen molar-refractivity contribution in [2.24, 2.45) is 0 Å². The molecule has 1 amide bonds. The lowest BCUT2D eigenvalue weighted by Gasteiger charge is -2.37. The summed E-state index contributed by atoms with van der Waals surface area (Å²) in [7, 11) is 0. The summed E-state index contributed by atoms with van der Waals surface area (Å²) in [5, 5.41) is 8.93. The molecule has 2 aromatic rings. The molecule has 0 radical (unpaired) electrons. The van der Waals surface area contributed by atoms with Crippen LogP contribution in [-0.4, -0.2) is 17.6 Å². The molecular weight excluding hydrogens is 276 g/mol. The standard InChI is InChI=1S/C18H14N2O2/c19-10-12-5-7-13(8-6-12)16-9-14-3-1-2-4-15(14)17-11-22-18(21)20(16)17/h1-8,16-17H,9,11H2/t16-,17+/m0/s1. The molecule has 22 heavy (non-hydrogen) atoms. The third-order valence-corrected chi connectivity index (χ3v) is 4.50. The molecule has 2 aliphatic rings. The quantitative estimate of drug-likeness (QED) is 0.809. The van der Waals surface area contributed by atoms with E-state index in [9.17, 15) is 4.79 Å². The molecular formula is C18H14N2O2. The van der Waals surface area contributed by atoms with Crippen LogP contribution >= 0.6 is 0 Å². The van der Waals surface area contributed by atoms with Crippen molar-refractivity contribution in [3.8, 4) is 6.07 Å². The Bertz CT molecular complexity index is 776. The molecule has 2 heterocycles. The minimum Gasteiger partial charge on any atom is -0.447 e. The van der Waals surface area contributed by atoms with E-state index in [2.05, 4.69) is 18.2 Å². The highest BCUT2D eigenvalue weighted by atomic mass is 16.6. The van der Waals surface area contributed by atoms with Crippen molar-refractivity contribution in [2.45, 2.75) is 18.5 Å². The molecule has 0 unspecified atom stereocenters. The van der Waals surface area contributed by atoms with Crippen LogP contribution in [0.15, 0.2) is 48.5 Å². The first-order valence-electron chi connectivity index (χ1n) is 7.31.